The van der Waals surface area contributed by atoms with Crippen LogP contribution >= 0.6 is 0 Å². The molecular weight excluding hydrogens is 571 g/mol. The Hall–Kier alpha value is -5.93. The van der Waals surface area contributed by atoms with Gasteiger partial charge in [-0.1, -0.05) is 105 Å². The van der Waals surface area contributed by atoms with Gasteiger partial charge in [-0.3, -0.25) is 9.97 Å². The molecule has 3 nitrogen and oxygen atoms in total. The molecule has 0 radical (unpaired) electrons. The van der Waals surface area contributed by atoms with Crippen molar-refractivity contribution in [1.29, 1.82) is 0 Å². The van der Waals surface area contributed by atoms with Crippen molar-refractivity contribution in [3.8, 4) is 56.0 Å². The van der Waals surface area contributed by atoms with Crippen LogP contribution < -0.4 is 0 Å². The van der Waals surface area contributed by atoms with Crippen molar-refractivity contribution in [1.82, 2.24) is 15.0 Å². The fourth-order valence-corrected chi connectivity index (χ4v) is 7.48. The normalized spacial score (nSPS) is 13.1. The predicted octanol–water partition coefficient (Wildman–Crippen LogP) is 11.2. The van der Waals surface area contributed by atoms with Crippen molar-refractivity contribution >= 4 is 21.7 Å². The molecule has 47 heavy (non-hydrogen) atoms. The van der Waals surface area contributed by atoms with E-state index in [4.69, 9.17) is 4.98 Å². The molecule has 0 bridgehead atoms. The molecular formula is C44H31N3. The Morgan fingerprint density at radius 3 is 1.83 bits per heavy atom. The summed E-state index contributed by atoms with van der Waals surface area (Å²) in [4.78, 5) is 14.7. The topological polar surface area (TPSA) is 38.7 Å². The van der Waals surface area contributed by atoms with E-state index in [2.05, 4.69) is 139 Å². The molecule has 1 aliphatic rings. The second-order valence-corrected chi connectivity index (χ2v) is 12.9. The van der Waals surface area contributed by atoms with Crippen LogP contribution in [0.3, 0.4) is 0 Å². The lowest BCUT2D eigenvalue weighted by Gasteiger charge is -2.25. The molecule has 0 saturated heterocycles. The zero-order valence-corrected chi connectivity index (χ0v) is 26.3. The summed E-state index contributed by atoms with van der Waals surface area (Å²) in [5.41, 5.74) is 14.5. The van der Waals surface area contributed by atoms with E-state index in [-0.39, 0.29) is 5.41 Å². The molecule has 0 saturated carbocycles. The van der Waals surface area contributed by atoms with Crippen molar-refractivity contribution in [2.45, 2.75) is 19.3 Å². The second-order valence-electron chi connectivity index (χ2n) is 12.9. The van der Waals surface area contributed by atoms with Crippen LogP contribution in [0.25, 0.3) is 77.7 Å². The maximum atomic E-state index is 5.36. The van der Waals surface area contributed by atoms with E-state index in [9.17, 15) is 0 Å². The summed E-state index contributed by atoms with van der Waals surface area (Å²) in [7, 11) is 0. The molecule has 0 aliphatic heterocycles. The molecule has 5 aromatic carbocycles. The van der Waals surface area contributed by atoms with E-state index in [1.807, 2.05) is 36.7 Å². The van der Waals surface area contributed by atoms with Gasteiger partial charge >= 0.3 is 0 Å². The Balaban J connectivity index is 1.26. The van der Waals surface area contributed by atoms with Crippen molar-refractivity contribution in [3.05, 3.63) is 163 Å². The smallest absolute Gasteiger partial charge is 0.0759 e. The number of rotatable bonds is 4. The second kappa shape index (κ2) is 10.6. The average Bonchev–Trinajstić information content (AvgIpc) is 3.37. The average molecular weight is 602 g/mol. The van der Waals surface area contributed by atoms with Crippen LogP contribution in [0, 0.1) is 0 Å². The largest absolute Gasteiger partial charge is 0.256 e. The Morgan fingerprint density at radius 1 is 0.511 bits per heavy atom. The maximum absolute atomic E-state index is 5.36. The summed E-state index contributed by atoms with van der Waals surface area (Å²) < 4.78 is 0. The number of benzene rings is 5. The lowest BCUT2D eigenvalue weighted by molar-refractivity contribution is 0.662. The number of hydrogen-bond acceptors (Lipinski definition) is 3. The summed E-state index contributed by atoms with van der Waals surface area (Å²) in [5.74, 6) is 0. The van der Waals surface area contributed by atoms with Crippen LogP contribution in [0.15, 0.2) is 152 Å². The van der Waals surface area contributed by atoms with Gasteiger partial charge in [0.2, 0.25) is 0 Å². The number of aromatic nitrogens is 3. The van der Waals surface area contributed by atoms with Gasteiger partial charge in [-0.15, -0.1) is 0 Å². The maximum Gasteiger partial charge on any atom is 0.0759 e. The van der Waals surface area contributed by atoms with E-state index in [1.54, 1.807) is 0 Å². The summed E-state index contributed by atoms with van der Waals surface area (Å²) in [5, 5.41) is 3.67. The summed E-state index contributed by atoms with van der Waals surface area (Å²) in [6.07, 6.45) is 3.69. The van der Waals surface area contributed by atoms with E-state index in [0.717, 1.165) is 44.9 Å². The van der Waals surface area contributed by atoms with Gasteiger partial charge in [-0.25, -0.2) is 4.98 Å². The van der Waals surface area contributed by atoms with Crippen LogP contribution in [-0.2, 0) is 5.41 Å². The highest BCUT2D eigenvalue weighted by Gasteiger charge is 2.39. The predicted molar refractivity (Wildman–Crippen MR) is 194 cm³/mol. The van der Waals surface area contributed by atoms with Gasteiger partial charge < -0.3 is 0 Å². The lowest BCUT2D eigenvalue weighted by atomic mass is 9.78. The van der Waals surface area contributed by atoms with E-state index in [0.29, 0.717) is 0 Å². The van der Waals surface area contributed by atoms with Crippen LogP contribution in [0.2, 0.25) is 0 Å². The SMILES string of the molecule is CC1(C)c2ccccc2-c2nc3ccc4ccccc4c3c(-c3ccc(-c4cc(-c5ccccn5)cc(-c5ccccn5)c4)cc3)c21. The fraction of sp³-hybridized carbons (Fsp3) is 0.0682. The molecule has 0 unspecified atom stereocenters. The van der Waals surface area contributed by atoms with Crippen molar-refractivity contribution in [2.24, 2.45) is 0 Å². The van der Waals surface area contributed by atoms with Crippen LogP contribution in [0.1, 0.15) is 25.0 Å². The third-order valence-electron chi connectivity index (χ3n) is 9.72. The highest BCUT2D eigenvalue weighted by Crippen LogP contribution is 2.54. The van der Waals surface area contributed by atoms with Gasteiger partial charge in [0.25, 0.3) is 0 Å². The Morgan fingerprint density at radius 2 is 1.13 bits per heavy atom. The Bertz CT molecular complexity index is 2410. The number of nitrogens with zero attached hydrogens (tertiary/aromatic N) is 3. The third kappa shape index (κ3) is 4.39. The van der Waals surface area contributed by atoms with Crippen molar-refractivity contribution in [3.63, 3.8) is 0 Å². The first-order valence-corrected chi connectivity index (χ1v) is 16.1. The van der Waals surface area contributed by atoms with Gasteiger partial charge in [0.1, 0.15) is 0 Å². The standard InChI is InChI=1S/C44H31N3/c1-44(2)36-14-6-5-13-35(36)43-42(44)40(41-34-12-4-3-11-29(34)21-22-39(41)47-43)30-19-17-28(18-20-30)31-25-32(37-15-7-9-23-45-37)27-33(26-31)38-16-8-10-24-46-38/h3-27H,1-2H3. The molecule has 3 aromatic heterocycles. The van der Waals surface area contributed by atoms with Gasteiger partial charge in [-0.05, 0) is 92.7 Å². The zero-order chi connectivity index (χ0) is 31.5. The minimum Gasteiger partial charge on any atom is -0.256 e. The first kappa shape index (κ1) is 27.4. The molecule has 8 aromatic rings. The van der Waals surface area contributed by atoms with Crippen LogP contribution in [0.5, 0.6) is 0 Å². The van der Waals surface area contributed by atoms with E-state index in [1.165, 1.54) is 44.0 Å². The van der Waals surface area contributed by atoms with Gasteiger partial charge in [0.15, 0.2) is 0 Å². The van der Waals surface area contributed by atoms with Gasteiger partial charge in [-0.2, -0.15) is 0 Å². The molecule has 0 atom stereocenters. The van der Waals surface area contributed by atoms with Gasteiger partial charge in [0.05, 0.1) is 22.6 Å². The van der Waals surface area contributed by atoms with Crippen molar-refractivity contribution in [2.75, 3.05) is 0 Å². The number of hydrogen-bond donors (Lipinski definition) is 0. The summed E-state index contributed by atoms with van der Waals surface area (Å²) in [6.45, 7) is 4.69. The molecule has 3 heteroatoms. The molecule has 3 heterocycles. The molecule has 222 valence electrons. The quantitative estimate of drug-likeness (QED) is 0.188. The Labute approximate surface area is 274 Å². The number of pyridine rings is 3. The highest BCUT2D eigenvalue weighted by atomic mass is 14.7. The first-order valence-electron chi connectivity index (χ1n) is 16.1. The zero-order valence-electron chi connectivity index (χ0n) is 26.3. The third-order valence-corrected chi connectivity index (χ3v) is 9.72. The molecule has 0 N–H and O–H groups in total. The molecule has 9 rings (SSSR count). The molecule has 1 aliphatic carbocycles. The number of fused-ring (bicyclic) bond motifs is 6. The molecule has 0 spiro atoms. The monoisotopic (exact) mass is 601 g/mol. The lowest BCUT2D eigenvalue weighted by Crippen LogP contribution is -2.16. The van der Waals surface area contributed by atoms with E-state index >= 15 is 0 Å². The first-order chi connectivity index (χ1) is 23.1. The van der Waals surface area contributed by atoms with Crippen LogP contribution in [-0.4, -0.2) is 15.0 Å². The minimum absolute atomic E-state index is 0.202. The highest BCUT2D eigenvalue weighted by molar-refractivity contribution is 6.15. The summed E-state index contributed by atoms with van der Waals surface area (Å²) >= 11 is 0. The van der Waals surface area contributed by atoms with Gasteiger partial charge in [0, 0.05) is 39.9 Å². The molecule has 0 fully saturated rings. The van der Waals surface area contributed by atoms with E-state index < -0.39 is 0 Å². The molecule has 0 amide bonds. The van der Waals surface area contributed by atoms with Crippen molar-refractivity contribution < 1.29 is 0 Å². The van der Waals surface area contributed by atoms with Crippen LogP contribution in [0.4, 0.5) is 0 Å². The minimum atomic E-state index is -0.202. The summed E-state index contributed by atoms with van der Waals surface area (Å²) in [6, 6.07) is 49.7. The fourth-order valence-electron chi connectivity index (χ4n) is 7.48. The Kier molecular flexibility index (Phi) is 6.16.